The molecule has 8 heteroatoms. The van der Waals surface area contributed by atoms with Gasteiger partial charge in [-0.05, 0) is 57.2 Å². The van der Waals surface area contributed by atoms with Crippen molar-refractivity contribution in [1.82, 2.24) is 19.5 Å². The zero-order chi connectivity index (χ0) is 20.5. The molecular formula is C21H26N4O3S. The molecule has 1 aliphatic rings. The molecule has 4 rings (SSSR count). The van der Waals surface area contributed by atoms with Gasteiger partial charge in [-0.1, -0.05) is 6.07 Å². The largest absolute Gasteiger partial charge is 0.493 e. The first-order valence-electron chi connectivity index (χ1n) is 9.84. The smallest absolute Gasteiger partial charge is 0.220 e. The lowest BCUT2D eigenvalue weighted by Crippen LogP contribution is -2.12. The zero-order valence-electron chi connectivity index (χ0n) is 17.3. The molecule has 1 atom stereocenters. The van der Waals surface area contributed by atoms with Crippen LogP contribution in [0.5, 0.6) is 11.5 Å². The highest BCUT2D eigenvalue weighted by molar-refractivity contribution is 7.84. The summed E-state index contributed by atoms with van der Waals surface area (Å²) < 4.78 is 25.7. The van der Waals surface area contributed by atoms with Gasteiger partial charge in [0.2, 0.25) is 5.16 Å². The molecule has 0 N–H and O–H groups in total. The number of hydrogen-bond donors (Lipinski definition) is 0. The van der Waals surface area contributed by atoms with Gasteiger partial charge in [0.15, 0.2) is 17.1 Å². The third kappa shape index (κ3) is 3.99. The van der Waals surface area contributed by atoms with Crippen molar-refractivity contribution >= 4 is 22.0 Å². The summed E-state index contributed by atoms with van der Waals surface area (Å²) >= 11 is 0. The average molecular weight is 415 g/mol. The highest BCUT2D eigenvalue weighted by Crippen LogP contribution is 2.33. The molecule has 1 aliphatic carbocycles. The molecule has 1 aromatic carbocycles. The molecule has 154 valence electrons. The maximum absolute atomic E-state index is 11.9. The molecule has 0 spiro atoms. The van der Waals surface area contributed by atoms with Gasteiger partial charge in [0.25, 0.3) is 0 Å². The number of methoxy groups -OCH3 is 1. The Morgan fingerprint density at radius 1 is 1.14 bits per heavy atom. The third-order valence-corrected chi connectivity index (χ3v) is 6.06. The van der Waals surface area contributed by atoms with E-state index in [1.54, 1.807) is 13.4 Å². The number of rotatable bonds is 6. The Morgan fingerprint density at radius 2 is 1.90 bits per heavy atom. The molecule has 1 saturated carbocycles. The Kier molecular flexibility index (Phi) is 5.54. The van der Waals surface area contributed by atoms with Crippen molar-refractivity contribution in [3.63, 3.8) is 0 Å². The highest BCUT2D eigenvalue weighted by Gasteiger charge is 2.20. The lowest BCUT2D eigenvalue weighted by Gasteiger charge is -2.17. The van der Waals surface area contributed by atoms with Gasteiger partial charge >= 0.3 is 0 Å². The summed E-state index contributed by atoms with van der Waals surface area (Å²) in [5.41, 5.74) is 3.25. The molecule has 0 saturated heterocycles. The minimum absolute atomic E-state index is 0.257. The van der Waals surface area contributed by atoms with Gasteiger partial charge < -0.3 is 14.0 Å². The second kappa shape index (κ2) is 8.10. The maximum Gasteiger partial charge on any atom is 0.220 e. The Morgan fingerprint density at radius 3 is 2.59 bits per heavy atom. The number of imidazole rings is 1. The predicted octanol–water partition coefficient (Wildman–Crippen LogP) is 3.56. The molecule has 3 aromatic rings. The fourth-order valence-corrected chi connectivity index (χ4v) is 4.30. The second-order valence-electron chi connectivity index (χ2n) is 7.47. The topological polar surface area (TPSA) is 79.1 Å². The number of ether oxygens (including phenoxy) is 2. The van der Waals surface area contributed by atoms with Crippen molar-refractivity contribution < 1.29 is 13.7 Å². The standard InChI is InChI=1S/C21H26N4O3S/c1-13-19-20(24-21(22-13)29(4)26)25(14(2)23-19)12-15-9-10-17(27-3)18(11-15)28-16-7-5-6-8-16/h9-11,16H,5-8,12H2,1-4H3. The fourth-order valence-electron chi connectivity index (χ4n) is 3.82. The van der Waals surface area contributed by atoms with Crippen LogP contribution in [-0.2, 0) is 17.3 Å². The van der Waals surface area contributed by atoms with Gasteiger partial charge in [0, 0.05) is 6.26 Å². The van der Waals surface area contributed by atoms with E-state index in [2.05, 4.69) is 15.0 Å². The number of fused-ring (bicyclic) bond motifs is 1. The van der Waals surface area contributed by atoms with Gasteiger partial charge in [-0.2, -0.15) is 0 Å². The van der Waals surface area contributed by atoms with Crippen LogP contribution in [0.25, 0.3) is 11.2 Å². The van der Waals surface area contributed by atoms with Gasteiger partial charge in [0.05, 0.1) is 36.3 Å². The van der Waals surface area contributed by atoms with Crippen LogP contribution in [0.4, 0.5) is 0 Å². The maximum atomic E-state index is 11.9. The Labute approximate surface area is 172 Å². The summed E-state index contributed by atoms with van der Waals surface area (Å²) in [6, 6.07) is 6.01. The molecule has 2 aromatic heterocycles. The minimum Gasteiger partial charge on any atom is -0.493 e. The van der Waals surface area contributed by atoms with Crippen LogP contribution in [0.3, 0.4) is 0 Å². The van der Waals surface area contributed by atoms with Crippen molar-refractivity contribution in [1.29, 1.82) is 0 Å². The van der Waals surface area contributed by atoms with E-state index in [0.717, 1.165) is 46.9 Å². The summed E-state index contributed by atoms with van der Waals surface area (Å²) in [6.07, 6.45) is 6.45. The quantitative estimate of drug-likeness (QED) is 0.574. The van der Waals surface area contributed by atoms with Crippen LogP contribution >= 0.6 is 0 Å². The molecule has 29 heavy (non-hydrogen) atoms. The monoisotopic (exact) mass is 414 g/mol. The van der Waals surface area contributed by atoms with E-state index in [4.69, 9.17) is 9.47 Å². The van der Waals surface area contributed by atoms with Crippen molar-refractivity contribution in [3.05, 3.63) is 35.3 Å². The normalized spacial score (nSPS) is 15.7. The summed E-state index contributed by atoms with van der Waals surface area (Å²) in [4.78, 5) is 13.5. The van der Waals surface area contributed by atoms with Crippen LogP contribution in [0.2, 0.25) is 0 Å². The van der Waals surface area contributed by atoms with Crippen molar-refractivity contribution in [2.45, 2.75) is 57.3 Å². The van der Waals surface area contributed by atoms with Crippen LogP contribution < -0.4 is 9.47 Å². The van der Waals surface area contributed by atoms with Crippen molar-refractivity contribution in [2.75, 3.05) is 13.4 Å². The Bertz CT molecular complexity index is 1070. The van der Waals surface area contributed by atoms with E-state index in [9.17, 15) is 4.21 Å². The summed E-state index contributed by atoms with van der Waals surface area (Å²) in [6.45, 7) is 4.40. The first-order chi connectivity index (χ1) is 14.0. The fraction of sp³-hybridized carbons (Fsp3) is 0.476. The summed E-state index contributed by atoms with van der Waals surface area (Å²) in [5.74, 6) is 2.36. The molecule has 0 bridgehead atoms. The number of nitrogens with zero attached hydrogens (tertiary/aromatic N) is 4. The third-order valence-electron chi connectivity index (χ3n) is 5.36. The minimum atomic E-state index is -1.25. The summed E-state index contributed by atoms with van der Waals surface area (Å²) in [5, 5.41) is 0.330. The highest BCUT2D eigenvalue weighted by atomic mass is 32.2. The van der Waals surface area contributed by atoms with Crippen molar-refractivity contribution in [2.24, 2.45) is 0 Å². The molecule has 1 unspecified atom stereocenters. The van der Waals surface area contributed by atoms with Gasteiger partial charge in [0.1, 0.15) is 11.3 Å². The van der Waals surface area contributed by atoms with E-state index >= 15 is 0 Å². The van der Waals surface area contributed by atoms with E-state index < -0.39 is 10.8 Å². The van der Waals surface area contributed by atoms with Crippen LogP contribution in [0, 0.1) is 13.8 Å². The van der Waals surface area contributed by atoms with Gasteiger partial charge in [-0.3, -0.25) is 4.21 Å². The predicted molar refractivity (Wildman–Crippen MR) is 112 cm³/mol. The average Bonchev–Trinajstić information content (AvgIpc) is 3.31. The van der Waals surface area contributed by atoms with Gasteiger partial charge in [-0.15, -0.1) is 0 Å². The first-order valence-corrected chi connectivity index (χ1v) is 11.4. The molecule has 7 nitrogen and oxygen atoms in total. The second-order valence-corrected chi connectivity index (χ2v) is 8.75. The number of hydrogen-bond acceptors (Lipinski definition) is 6. The van der Waals surface area contributed by atoms with E-state index in [1.165, 1.54) is 12.8 Å². The lowest BCUT2D eigenvalue weighted by molar-refractivity contribution is 0.200. The molecule has 1 fully saturated rings. The first kappa shape index (κ1) is 19.8. The van der Waals surface area contributed by atoms with Crippen LogP contribution in [0.1, 0.15) is 42.8 Å². The number of benzene rings is 1. The molecular weight excluding hydrogens is 388 g/mol. The van der Waals surface area contributed by atoms with Crippen LogP contribution in [0.15, 0.2) is 23.4 Å². The molecule has 2 heterocycles. The SMILES string of the molecule is COc1ccc(Cn2c(C)nc3c(C)nc(S(C)=O)nc32)cc1OC1CCCC1. The van der Waals surface area contributed by atoms with Crippen molar-refractivity contribution in [3.8, 4) is 11.5 Å². The molecule has 0 amide bonds. The summed E-state index contributed by atoms with van der Waals surface area (Å²) in [7, 11) is 0.411. The van der Waals surface area contributed by atoms with E-state index in [0.29, 0.717) is 17.3 Å². The molecule has 0 aliphatic heterocycles. The number of aromatic nitrogens is 4. The molecule has 0 radical (unpaired) electrons. The lowest BCUT2D eigenvalue weighted by atomic mass is 10.2. The van der Waals surface area contributed by atoms with E-state index in [1.807, 2.05) is 36.6 Å². The van der Waals surface area contributed by atoms with E-state index in [-0.39, 0.29) is 6.10 Å². The Balaban J connectivity index is 1.70. The van der Waals surface area contributed by atoms with Gasteiger partial charge in [-0.25, -0.2) is 15.0 Å². The number of aryl methyl sites for hydroxylation is 2. The van der Waals surface area contributed by atoms with Crippen LogP contribution in [-0.4, -0.2) is 43.2 Å². The zero-order valence-corrected chi connectivity index (χ0v) is 18.1. The Hall–Kier alpha value is -2.48.